The lowest BCUT2D eigenvalue weighted by Crippen LogP contribution is -2.53. The van der Waals surface area contributed by atoms with Gasteiger partial charge in [-0.2, -0.15) is 17.0 Å². The minimum absolute atomic E-state index is 0.498. The lowest BCUT2D eigenvalue weighted by Gasteiger charge is -2.36. The second-order valence-electron chi connectivity index (χ2n) is 6.65. The standard InChI is InChI=1S/C18H26BrN5O2S2/c1-3-22(4-2)28(25,26)23-12-9-20(10-13-23)15-21-11-14-24(18(21)27)17-7-5-16(19)6-8-17/h5-8,11,14H,3-4,9-10,12-13,15H2,1-2H3. The van der Waals surface area contributed by atoms with E-state index in [9.17, 15) is 8.42 Å². The zero-order valence-electron chi connectivity index (χ0n) is 16.2. The highest BCUT2D eigenvalue weighted by Gasteiger charge is 2.30. The molecule has 10 heteroatoms. The highest BCUT2D eigenvalue weighted by atomic mass is 79.9. The molecule has 1 aliphatic heterocycles. The predicted octanol–water partition coefficient (Wildman–Crippen LogP) is 2.93. The van der Waals surface area contributed by atoms with Crippen molar-refractivity contribution >= 4 is 38.4 Å². The molecule has 1 saturated heterocycles. The van der Waals surface area contributed by atoms with Crippen LogP contribution in [0.25, 0.3) is 5.69 Å². The van der Waals surface area contributed by atoms with Gasteiger partial charge in [0.1, 0.15) is 0 Å². The van der Waals surface area contributed by atoms with Crippen molar-refractivity contribution in [2.75, 3.05) is 39.3 Å². The van der Waals surface area contributed by atoms with Gasteiger partial charge in [0, 0.05) is 61.8 Å². The minimum atomic E-state index is -3.36. The molecule has 0 radical (unpaired) electrons. The molecule has 0 bridgehead atoms. The van der Waals surface area contributed by atoms with Gasteiger partial charge in [-0.25, -0.2) is 0 Å². The fourth-order valence-electron chi connectivity index (χ4n) is 3.35. The summed E-state index contributed by atoms with van der Waals surface area (Å²) >= 11 is 9.08. The van der Waals surface area contributed by atoms with E-state index in [0.29, 0.717) is 45.9 Å². The van der Waals surface area contributed by atoms with E-state index in [1.54, 1.807) is 4.31 Å². The lowest BCUT2D eigenvalue weighted by atomic mass is 10.3. The Kier molecular flexibility index (Phi) is 7.11. The summed E-state index contributed by atoms with van der Waals surface area (Å²) in [6, 6.07) is 8.01. The molecule has 0 unspecified atom stereocenters. The zero-order valence-corrected chi connectivity index (χ0v) is 19.4. The van der Waals surface area contributed by atoms with E-state index < -0.39 is 10.2 Å². The molecule has 1 aromatic carbocycles. The Morgan fingerprint density at radius 2 is 1.64 bits per heavy atom. The fourth-order valence-corrected chi connectivity index (χ4v) is 5.50. The average molecular weight is 488 g/mol. The van der Waals surface area contributed by atoms with Crippen LogP contribution in [0.15, 0.2) is 41.1 Å². The number of piperazine rings is 1. The molecule has 3 rings (SSSR count). The van der Waals surface area contributed by atoms with Crippen molar-refractivity contribution in [1.29, 1.82) is 0 Å². The maximum absolute atomic E-state index is 12.7. The summed E-state index contributed by atoms with van der Waals surface area (Å²) in [4.78, 5) is 2.23. The Morgan fingerprint density at radius 1 is 1.04 bits per heavy atom. The largest absolute Gasteiger partial charge is 0.310 e. The van der Waals surface area contributed by atoms with Gasteiger partial charge in [-0.15, -0.1) is 0 Å². The molecule has 7 nitrogen and oxygen atoms in total. The summed E-state index contributed by atoms with van der Waals surface area (Å²) in [5.74, 6) is 0. The smallest absolute Gasteiger partial charge is 0.282 e. The Morgan fingerprint density at radius 3 is 2.21 bits per heavy atom. The SMILES string of the molecule is CCN(CC)S(=O)(=O)N1CCN(Cn2ccn(-c3ccc(Br)cc3)c2=S)CC1. The van der Waals surface area contributed by atoms with Gasteiger partial charge in [0.15, 0.2) is 4.77 Å². The predicted molar refractivity (Wildman–Crippen MR) is 117 cm³/mol. The van der Waals surface area contributed by atoms with Gasteiger partial charge >= 0.3 is 0 Å². The van der Waals surface area contributed by atoms with Crippen molar-refractivity contribution < 1.29 is 8.42 Å². The van der Waals surface area contributed by atoms with Crippen LogP contribution in [0.4, 0.5) is 0 Å². The number of rotatable bonds is 7. The van der Waals surface area contributed by atoms with Crippen molar-refractivity contribution in [2.24, 2.45) is 0 Å². The summed E-state index contributed by atoms with van der Waals surface area (Å²) in [6.07, 6.45) is 3.94. The first-order valence-electron chi connectivity index (χ1n) is 9.38. The van der Waals surface area contributed by atoms with E-state index in [1.165, 1.54) is 4.31 Å². The molecular weight excluding hydrogens is 462 g/mol. The Hall–Kier alpha value is -1.04. The molecule has 154 valence electrons. The van der Waals surface area contributed by atoms with Gasteiger partial charge in [-0.05, 0) is 36.5 Å². The van der Waals surface area contributed by atoms with Gasteiger partial charge < -0.3 is 4.57 Å². The normalized spacial score (nSPS) is 16.7. The molecule has 0 atom stereocenters. The first kappa shape index (κ1) is 21.7. The van der Waals surface area contributed by atoms with E-state index >= 15 is 0 Å². The third-order valence-electron chi connectivity index (χ3n) is 4.99. The van der Waals surface area contributed by atoms with Gasteiger partial charge in [0.25, 0.3) is 10.2 Å². The number of hydrogen-bond acceptors (Lipinski definition) is 4. The third-order valence-corrected chi connectivity index (χ3v) is 8.14. The highest BCUT2D eigenvalue weighted by molar-refractivity contribution is 9.10. The van der Waals surface area contributed by atoms with Gasteiger partial charge in [-0.3, -0.25) is 9.47 Å². The maximum atomic E-state index is 12.7. The van der Waals surface area contributed by atoms with Gasteiger partial charge in [0.2, 0.25) is 0 Å². The van der Waals surface area contributed by atoms with Crippen LogP contribution in [-0.2, 0) is 16.9 Å². The Balaban J connectivity index is 1.64. The number of imidazole rings is 1. The number of hydrogen-bond donors (Lipinski definition) is 0. The first-order chi connectivity index (χ1) is 13.4. The molecule has 0 spiro atoms. The van der Waals surface area contributed by atoms with Crippen LogP contribution in [0.1, 0.15) is 13.8 Å². The highest BCUT2D eigenvalue weighted by Crippen LogP contribution is 2.16. The van der Waals surface area contributed by atoms with Crippen molar-refractivity contribution in [1.82, 2.24) is 22.6 Å². The summed E-state index contributed by atoms with van der Waals surface area (Å²) < 4.78 is 34.2. The number of benzene rings is 1. The molecule has 2 heterocycles. The second-order valence-corrected chi connectivity index (χ2v) is 9.86. The summed E-state index contributed by atoms with van der Waals surface area (Å²) in [6.45, 7) is 7.76. The average Bonchev–Trinajstić information content (AvgIpc) is 3.04. The molecule has 0 N–H and O–H groups in total. The van der Waals surface area contributed by atoms with Crippen LogP contribution in [0.3, 0.4) is 0 Å². The molecule has 0 aliphatic carbocycles. The second kappa shape index (κ2) is 9.19. The molecule has 28 heavy (non-hydrogen) atoms. The van der Waals surface area contributed by atoms with Crippen LogP contribution in [0, 0.1) is 4.77 Å². The summed E-state index contributed by atoms with van der Waals surface area (Å²) in [5.41, 5.74) is 1.02. The van der Waals surface area contributed by atoms with Crippen molar-refractivity contribution in [3.8, 4) is 5.69 Å². The van der Waals surface area contributed by atoms with Crippen LogP contribution in [0.5, 0.6) is 0 Å². The minimum Gasteiger partial charge on any atom is -0.310 e. The van der Waals surface area contributed by atoms with Crippen LogP contribution >= 0.6 is 28.1 Å². The topological polar surface area (TPSA) is 53.7 Å². The molecule has 1 aromatic heterocycles. The monoisotopic (exact) mass is 487 g/mol. The van der Waals surface area contributed by atoms with E-state index in [4.69, 9.17) is 12.2 Å². The first-order valence-corrected chi connectivity index (χ1v) is 12.0. The van der Waals surface area contributed by atoms with E-state index in [0.717, 1.165) is 14.9 Å². The van der Waals surface area contributed by atoms with Crippen molar-refractivity contribution in [3.63, 3.8) is 0 Å². The van der Waals surface area contributed by atoms with E-state index in [1.807, 2.05) is 59.6 Å². The molecule has 0 amide bonds. The Bertz CT molecular complexity index is 943. The number of halogens is 1. The molecule has 1 aliphatic rings. The zero-order chi connectivity index (χ0) is 20.3. The van der Waals surface area contributed by atoms with E-state index in [2.05, 4.69) is 20.8 Å². The molecule has 2 aromatic rings. The van der Waals surface area contributed by atoms with Gasteiger partial charge in [-0.1, -0.05) is 29.8 Å². The number of aromatic nitrogens is 2. The quantitative estimate of drug-likeness (QED) is 0.563. The van der Waals surface area contributed by atoms with Crippen molar-refractivity contribution in [3.05, 3.63) is 45.9 Å². The molecular formula is C18H26BrN5O2S2. The summed E-state index contributed by atoms with van der Waals surface area (Å²) in [5, 5.41) is 0. The number of nitrogens with zero attached hydrogens (tertiary/aromatic N) is 5. The van der Waals surface area contributed by atoms with Crippen LogP contribution in [0.2, 0.25) is 0 Å². The Labute approximate surface area is 180 Å². The third kappa shape index (κ3) is 4.58. The van der Waals surface area contributed by atoms with Gasteiger partial charge in [0.05, 0.1) is 6.67 Å². The summed E-state index contributed by atoms with van der Waals surface area (Å²) in [7, 11) is -3.36. The fraction of sp³-hybridized carbons (Fsp3) is 0.500. The van der Waals surface area contributed by atoms with E-state index in [-0.39, 0.29) is 0 Å². The molecule has 1 fully saturated rings. The van der Waals surface area contributed by atoms with Crippen LogP contribution in [-0.4, -0.2) is 70.3 Å². The molecule has 0 saturated carbocycles. The lowest BCUT2D eigenvalue weighted by molar-refractivity contribution is 0.147. The maximum Gasteiger partial charge on any atom is 0.282 e. The van der Waals surface area contributed by atoms with Crippen LogP contribution < -0.4 is 0 Å². The van der Waals surface area contributed by atoms with Crippen molar-refractivity contribution in [2.45, 2.75) is 20.5 Å².